The van der Waals surface area contributed by atoms with E-state index in [-0.39, 0.29) is 42.0 Å². The molecule has 0 spiro atoms. The summed E-state index contributed by atoms with van der Waals surface area (Å²) < 4.78 is 52.5. The molecule has 0 bridgehead atoms. The third-order valence-corrected chi connectivity index (χ3v) is 6.09. The molecular formula is C23H23N3O5. The van der Waals surface area contributed by atoms with Crippen molar-refractivity contribution in [1.82, 2.24) is 14.5 Å². The zero-order valence-electron chi connectivity index (χ0n) is 22.6. The number of rotatable bonds is 3. The molecule has 2 aliphatic rings. The van der Waals surface area contributed by atoms with Crippen LogP contribution in [0, 0.1) is 0 Å². The monoisotopic (exact) mass is 427 g/mol. The molecule has 3 aromatic rings. The lowest BCUT2D eigenvalue weighted by Crippen LogP contribution is -2.44. The number of carbonyl (C=O) groups excluding carboxylic acids is 1. The molecule has 0 radical (unpaired) electrons. The number of phenolic OH excluding ortho intramolecular Hbond substituents is 1. The first-order valence-corrected chi connectivity index (χ1v) is 9.76. The predicted octanol–water partition coefficient (Wildman–Crippen LogP) is 1.85. The van der Waals surface area contributed by atoms with E-state index in [2.05, 4.69) is 4.98 Å². The second kappa shape index (κ2) is 6.63. The molecule has 160 valence electrons. The average Bonchev–Trinajstić information content (AvgIpc) is 3.16. The molecule has 31 heavy (non-hydrogen) atoms. The molecule has 8 heteroatoms. The quantitative estimate of drug-likeness (QED) is 0.481. The number of cyclic esters (lactones) is 1. The molecule has 0 saturated carbocycles. The van der Waals surface area contributed by atoms with E-state index in [1.807, 2.05) is 0 Å². The minimum Gasteiger partial charge on any atom is -0.508 e. The second-order valence-corrected chi connectivity index (χ2v) is 7.82. The largest absolute Gasteiger partial charge is 0.508 e. The van der Waals surface area contributed by atoms with Crippen LogP contribution in [0.2, 0.25) is 0 Å². The first-order chi connectivity index (χ1) is 17.2. The number of fused-ring (bicyclic) bond motifs is 5. The molecule has 2 aliphatic heterocycles. The van der Waals surface area contributed by atoms with Crippen molar-refractivity contribution in [3.05, 3.63) is 56.9 Å². The topological polar surface area (TPSA) is 105 Å². The van der Waals surface area contributed by atoms with Crippen molar-refractivity contribution in [1.29, 1.82) is 0 Å². The molecule has 8 nitrogen and oxygen atoms in total. The summed E-state index contributed by atoms with van der Waals surface area (Å²) in [5, 5.41) is 21.9. The number of nitrogens with zero attached hydrogens (tertiary/aromatic N) is 3. The minimum absolute atomic E-state index is 0.00581. The molecule has 1 aromatic carbocycles. The van der Waals surface area contributed by atoms with Crippen molar-refractivity contribution in [3.63, 3.8) is 0 Å². The first-order valence-electron chi connectivity index (χ1n) is 12.8. The Morgan fingerprint density at radius 2 is 2.13 bits per heavy atom. The standard InChI is InChI=1S/C23H23N3O5/c1-4-23(30)16-8-18-20-12(9-26(18)21(28)15(16)11-31-22(23)29)7-13-14(10-25(2)3)19(27)6-5-17(13)24-20/h5-8,27,30H,4,9-11H2,1-3H3/t23-/m1/s1/i2D3,3D3. The SMILES string of the molecule is [2H]C([2H])([2H])N(Cc1c(O)ccc2nc3c(cc12)Cn1c-3cc2c(c1=O)COC(=O)[C@@]2(O)CC)C([2H])([2H])[2H]. The number of carbonyl (C=O) groups is 1. The molecule has 0 fully saturated rings. The third-order valence-electron chi connectivity index (χ3n) is 6.09. The van der Waals surface area contributed by atoms with Gasteiger partial charge in [-0.3, -0.25) is 4.79 Å². The van der Waals surface area contributed by atoms with Gasteiger partial charge in [-0.25, -0.2) is 9.78 Å². The molecule has 0 unspecified atom stereocenters. The van der Waals surface area contributed by atoms with Crippen LogP contribution >= 0.6 is 0 Å². The lowest BCUT2D eigenvalue weighted by Gasteiger charge is -2.31. The van der Waals surface area contributed by atoms with E-state index in [4.69, 9.17) is 13.0 Å². The van der Waals surface area contributed by atoms with Gasteiger partial charge in [0, 0.05) is 36.8 Å². The smallest absolute Gasteiger partial charge is 0.343 e. The number of ether oxygens (including phenoxy) is 1. The highest BCUT2D eigenvalue weighted by atomic mass is 16.6. The van der Waals surface area contributed by atoms with Gasteiger partial charge in [-0.15, -0.1) is 0 Å². The van der Waals surface area contributed by atoms with Crippen LogP contribution in [0.5, 0.6) is 5.75 Å². The van der Waals surface area contributed by atoms with Crippen LogP contribution in [0.4, 0.5) is 0 Å². The number of phenols is 1. The van der Waals surface area contributed by atoms with E-state index in [0.29, 0.717) is 32.8 Å². The van der Waals surface area contributed by atoms with Gasteiger partial charge in [0.05, 0.1) is 29.0 Å². The molecule has 4 heterocycles. The van der Waals surface area contributed by atoms with Gasteiger partial charge < -0.3 is 24.4 Å². The van der Waals surface area contributed by atoms with Crippen LogP contribution in [0.15, 0.2) is 29.1 Å². The van der Waals surface area contributed by atoms with Gasteiger partial charge in [0.15, 0.2) is 5.60 Å². The molecule has 1 atom stereocenters. The summed E-state index contributed by atoms with van der Waals surface area (Å²) >= 11 is 0. The number of hydrogen-bond acceptors (Lipinski definition) is 7. The molecule has 0 aliphatic carbocycles. The zero-order chi connectivity index (χ0) is 27.1. The van der Waals surface area contributed by atoms with E-state index in [1.54, 1.807) is 19.1 Å². The lowest BCUT2D eigenvalue weighted by atomic mass is 9.86. The van der Waals surface area contributed by atoms with Crippen molar-refractivity contribution in [3.8, 4) is 17.1 Å². The fraction of sp³-hybridized carbons (Fsp3) is 0.348. The van der Waals surface area contributed by atoms with E-state index in [1.165, 1.54) is 16.7 Å². The first kappa shape index (κ1) is 14.0. The Morgan fingerprint density at radius 1 is 1.32 bits per heavy atom. The second-order valence-electron chi connectivity index (χ2n) is 7.82. The van der Waals surface area contributed by atoms with Gasteiger partial charge in [-0.2, -0.15) is 0 Å². The summed E-state index contributed by atoms with van der Waals surface area (Å²) in [6.45, 7) is -5.07. The molecular weight excluding hydrogens is 398 g/mol. The Kier molecular flexibility index (Phi) is 2.98. The van der Waals surface area contributed by atoms with E-state index in [9.17, 15) is 19.8 Å². The van der Waals surface area contributed by atoms with E-state index >= 15 is 0 Å². The minimum atomic E-state index is -2.96. The van der Waals surface area contributed by atoms with Crippen molar-refractivity contribution >= 4 is 16.9 Å². The van der Waals surface area contributed by atoms with Gasteiger partial charge in [-0.05, 0) is 44.6 Å². The average molecular weight is 427 g/mol. The van der Waals surface area contributed by atoms with Crippen LogP contribution in [0.25, 0.3) is 22.3 Å². The Morgan fingerprint density at radius 3 is 2.87 bits per heavy atom. The van der Waals surface area contributed by atoms with Crippen LogP contribution in [0.3, 0.4) is 0 Å². The van der Waals surface area contributed by atoms with Crippen molar-refractivity contribution in [2.75, 3.05) is 14.0 Å². The lowest BCUT2D eigenvalue weighted by molar-refractivity contribution is -0.172. The van der Waals surface area contributed by atoms with Crippen molar-refractivity contribution < 1.29 is 28.0 Å². The number of esters is 1. The molecule has 0 saturated heterocycles. The Bertz CT molecular complexity index is 1520. The maximum absolute atomic E-state index is 13.3. The zero-order valence-corrected chi connectivity index (χ0v) is 16.6. The van der Waals surface area contributed by atoms with Crippen molar-refractivity contribution in [2.24, 2.45) is 0 Å². The Hall–Kier alpha value is -3.23. The van der Waals surface area contributed by atoms with Gasteiger partial charge in [-0.1, -0.05) is 6.92 Å². The molecule has 2 aromatic heterocycles. The maximum Gasteiger partial charge on any atom is 0.343 e. The molecule has 5 rings (SSSR count). The Labute approximate surface area is 186 Å². The highest BCUT2D eigenvalue weighted by Gasteiger charge is 2.45. The van der Waals surface area contributed by atoms with Crippen LogP contribution in [0.1, 0.15) is 43.8 Å². The summed E-state index contributed by atoms with van der Waals surface area (Å²) in [5.74, 6) is -1.12. The number of aromatic nitrogens is 2. The van der Waals surface area contributed by atoms with Gasteiger partial charge in [0.2, 0.25) is 0 Å². The fourth-order valence-electron chi connectivity index (χ4n) is 4.42. The number of benzene rings is 1. The van der Waals surface area contributed by atoms with Crippen LogP contribution in [-0.4, -0.2) is 44.6 Å². The number of pyridine rings is 2. The fourth-order valence-corrected chi connectivity index (χ4v) is 4.42. The van der Waals surface area contributed by atoms with Gasteiger partial charge in [0.1, 0.15) is 12.4 Å². The highest BCUT2D eigenvalue weighted by molar-refractivity contribution is 5.89. The molecule has 2 N–H and O–H groups in total. The summed E-state index contributed by atoms with van der Waals surface area (Å²) in [5.41, 5.74) is -0.256. The van der Waals surface area contributed by atoms with Crippen LogP contribution in [-0.2, 0) is 34.8 Å². The third kappa shape index (κ3) is 2.72. The Balaban J connectivity index is 1.68. The number of hydrogen-bond donors (Lipinski definition) is 2. The van der Waals surface area contributed by atoms with Gasteiger partial charge >= 0.3 is 5.97 Å². The maximum atomic E-state index is 13.3. The summed E-state index contributed by atoms with van der Waals surface area (Å²) in [6.07, 6.45) is 0.00581. The summed E-state index contributed by atoms with van der Waals surface area (Å²) in [7, 11) is 0. The highest BCUT2D eigenvalue weighted by Crippen LogP contribution is 2.39. The van der Waals surface area contributed by atoms with Gasteiger partial charge in [0.25, 0.3) is 5.56 Å². The number of aromatic hydroxyl groups is 1. The van der Waals surface area contributed by atoms with Crippen molar-refractivity contribution in [2.45, 2.75) is 38.6 Å². The molecule has 0 amide bonds. The van der Waals surface area contributed by atoms with E-state index < -0.39 is 37.6 Å². The van der Waals surface area contributed by atoms with E-state index in [0.717, 1.165) is 0 Å². The summed E-state index contributed by atoms with van der Waals surface area (Å²) in [6, 6.07) is 6.01. The number of aliphatic hydroxyl groups is 1. The normalized spacial score (nSPS) is 23.0. The van der Waals surface area contributed by atoms with Crippen LogP contribution < -0.4 is 5.56 Å². The predicted molar refractivity (Wildman–Crippen MR) is 114 cm³/mol. The summed E-state index contributed by atoms with van der Waals surface area (Å²) in [4.78, 5) is 30.7.